The number of halogens is 2. The molecule has 0 heterocycles. The van der Waals surface area contributed by atoms with Crippen LogP contribution in [0.5, 0.6) is 0 Å². The highest BCUT2D eigenvalue weighted by Crippen LogP contribution is 2.23. The minimum Gasteiger partial charge on any atom is -0.468 e. The molecule has 2 aromatic carbocycles. The van der Waals surface area contributed by atoms with E-state index in [2.05, 4.69) is 5.32 Å². The molecule has 1 atom stereocenters. The van der Waals surface area contributed by atoms with Crippen molar-refractivity contribution >= 4 is 29.2 Å². The molecule has 0 amide bonds. The standard InChI is InChI=1S/C16H15Cl2NO2/c1-21-16(20)15(12-5-3-2-4-6-12)19-10-11-7-8-13(17)14(18)9-11/h2-9,15,19H,10H2,1H3. The molecule has 0 radical (unpaired) electrons. The molecule has 0 saturated heterocycles. The van der Waals surface area contributed by atoms with Crippen LogP contribution in [-0.4, -0.2) is 13.1 Å². The summed E-state index contributed by atoms with van der Waals surface area (Å²) in [5, 5.41) is 4.17. The first kappa shape index (κ1) is 15.8. The summed E-state index contributed by atoms with van der Waals surface area (Å²) in [5.41, 5.74) is 1.79. The molecule has 2 aromatic rings. The lowest BCUT2D eigenvalue weighted by atomic mass is 10.1. The van der Waals surface area contributed by atoms with Crippen molar-refractivity contribution in [2.75, 3.05) is 7.11 Å². The normalized spacial score (nSPS) is 12.0. The predicted octanol–water partition coefficient (Wildman–Crippen LogP) is 4.00. The largest absolute Gasteiger partial charge is 0.468 e. The highest BCUT2D eigenvalue weighted by molar-refractivity contribution is 6.42. The van der Waals surface area contributed by atoms with Crippen molar-refractivity contribution in [3.63, 3.8) is 0 Å². The third-order valence-electron chi connectivity index (χ3n) is 3.06. The van der Waals surface area contributed by atoms with E-state index in [1.165, 1.54) is 7.11 Å². The number of esters is 1. The van der Waals surface area contributed by atoms with Crippen LogP contribution in [-0.2, 0) is 16.1 Å². The van der Waals surface area contributed by atoms with Crippen LogP contribution in [0.4, 0.5) is 0 Å². The molecule has 1 unspecified atom stereocenters. The minimum absolute atomic E-state index is 0.332. The van der Waals surface area contributed by atoms with Crippen LogP contribution in [0.3, 0.4) is 0 Å². The number of hydrogen-bond donors (Lipinski definition) is 1. The van der Waals surface area contributed by atoms with Crippen LogP contribution in [0.15, 0.2) is 48.5 Å². The Morgan fingerprint density at radius 1 is 1.14 bits per heavy atom. The second kappa shape index (κ2) is 7.46. The molecule has 0 bridgehead atoms. The third kappa shape index (κ3) is 4.21. The molecule has 110 valence electrons. The average Bonchev–Trinajstić information content (AvgIpc) is 2.51. The Morgan fingerprint density at radius 3 is 2.48 bits per heavy atom. The number of carbonyl (C=O) groups excluding carboxylic acids is 1. The van der Waals surface area contributed by atoms with Gasteiger partial charge in [-0.3, -0.25) is 5.32 Å². The van der Waals surface area contributed by atoms with Gasteiger partial charge in [0.1, 0.15) is 6.04 Å². The summed E-state index contributed by atoms with van der Waals surface area (Å²) in [7, 11) is 1.37. The zero-order chi connectivity index (χ0) is 15.2. The van der Waals surface area contributed by atoms with E-state index in [0.717, 1.165) is 11.1 Å². The molecule has 0 aliphatic carbocycles. The van der Waals surface area contributed by atoms with Crippen molar-refractivity contribution in [1.82, 2.24) is 5.32 Å². The lowest BCUT2D eigenvalue weighted by Crippen LogP contribution is -2.29. The van der Waals surface area contributed by atoms with E-state index in [9.17, 15) is 4.79 Å². The van der Waals surface area contributed by atoms with Crippen LogP contribution in [0, 0.1) is 0 Å². The Kier molecular flexibility index (Phi) is 5.62. The number of carbonyl (C=O) groups is 1. The number of methoxy groups -OCH3 is 1. The van der Waals surface area contributed by atoms with Crippen molar-refractivity contribution < 1.29 is 9.53 Å². The van der Waals surface area contributed by atoms with E-state index in [4.69, 9.17) is 27.9 Å². The topological polar surface area (TPSA) is 38.3 Å². The van der Waals surface area contributed by atoms with E-state index >= 15 is 0 Å². The Hall–Kier alpha value is -1.55. The summed E-state index contributed by atoms with van der Waals surface area (Å²) in [6, 6.07) is 14.3. The molecule has 0 saturated carbocycles. The van der Waals surface area contributed by atoms with Crippen molar-refractivity contribution in [1.29, 1.82) is 0 Å². The molecule has 0 spiro atoms. The Labute approximate surface area is 133 Å². The lowest BCUT2D eigenvalue weighted by Gasteiger charge is -2.17. The molecule has 0 aliphatic rings. The minimum atomic E-state index is -0.523. The monoisotopic (exact) mass is 323 g/mol. The fourth-order valence-electron chi connectivity index (χ4n) is 1.97. The van der Waals surface area contributed by atoms with Gasteiger partial charge in [-0.15, -0.1) is 0 Å². The number of hydrogen-bond acceptors (Lipinski definition) is 3. The summed E-state index contributed by atoms with van der Waals surface area (Å²) in [4.78, 5) is 11.9. The molecule has 1 N–H and O–H groups in total. The molecule has 5 heteroatoms. The Balaban J connectivity index is 2.12. The SMILES string of the molecule is COC(=O)C(NCc1ccc(Cl)c(Cl)c1)c1ccccc1. The first-order chi connectivity index (χ1) is 10.1. The summed E-state index contributed by atoms with van der Waals surface area (Å²) < 4.78 is 4.85. The van der Waals surface area contributed by atoms with E-state index in [-0.39, 0.29) is 5.97 Å². The number of rotatable bonds is 5. The zero-order valence-electron chi connectivity index (χ0n) is 11.5. The Morgan fingerprint density at radius 2 is 1.86 bits per heavy atom. The van der Waals surface area contributed by atoms with Crippen LogP contribution in [0.1, 0.15) is 17.2 Å². The summed E-state index contributed by atoms with van der Waals surface area (Å²) in [6.07, 6.45) is 0. The molecule has 0 aliphatic heterocycles. The fourth-order valence-corrected chi connectivity index (χ4v) is 2.29. The van der Waals surface area contributed by atoms with Gasteiger partial charge in [-0.25, -0.2) is 4.79 Å². The summed E-state index contributed by atoms with van der Waals surface area (Å²) in [6.45, 7) is 0.478. The zero-order valence-corrected chi connectivity index (χ0v) is 13.0. The molecule has 21 heavy (non-hydrogen) atoms. The van der Waals surface area contributed by atoms with E-state index < -0.39 is 6.04 Å². The van der Waals surface area contributed by atoms with Crippen molar-refractivity contribution in [3.05, 3.63) is 69.7 Å². The third-order valence-corrected chi connectivity index (χ3v) is 3.80. The van der Waals surface area contributed by atoms with Crippen LogP contribution >= 0.6 is 23.2 Å². The van der Waals surface area contributed by atoms with Crippen LogP contribution in [0.25, 0.3) is 0 Å². The van der Waals surface area contributed by atoms with Gasteiger partial charge in [-0.05, 0) is 23.3 Å². The van der Waals surface area contributed by atoms with Crippen LogP contribution < -0.4 is 5.32 Å². The van der Waals surface area contributed by atoms with Crippen molar-refractivity contribution in [3.8, 4) is 0 Å². The lowest BCUT2D eigenvalue weighted by molar-refractivity contribution is -0.143. The van der Waals surface area contributed by atoms with Gasteiger partial charge in [0, 0.05) is 6.54 Å². The number of nitrogens with one attached hydrogen (secondary N) is 1. The first-order valence-corrected chi connectivity index (χ1v) is 7.17. The molecule has 3 nitrogen and oxygen atoms in total. The Bertz CT molecular complexity index is 617. The molecular weight excluding hydrogens is 309 g/mol. The van der Waals surface area contributed by atoms with Crippen LogP contribution in [0.2, 0.25) is 10.0 Å². The van der Waals surface area contributed by atoms with Gasteiger partial charge >= 0.3 is 5.97 Å². The van der Waals surface area contributed by atoms with Gasteiger partial charge in [-0.2, -0.15) is 0 Å². The number of ether oxygens (including phenoxy) is 1. The maximum atomic E-state index is 11.9. The van der Waals surface area contributed by atoms with Crippen molar-refractivity contribution in [2.45, 2.75) is 12.6 Å². The van der Waals surface area contributed by atoms with Crippen molar-refractivity contribution in [2.24, 2.45) is 0 Å². The summed E-state index contributed by atoms with van der Waals surface area (Å²) >= 11 is 11.9. The molecule has 0 aromatic heterocycles. The average molecular weight is 324 g/mol. The molecule has 0 fully saturated rings. The molecular formula is C16H15Cl2NO2. The van der Waals surface area contributed by atoms with Gasteiger partial charge in [0.25, 0.3) is 0 Å². The second-order valence-electron chi connectivity index (χ2n) is 4.50. The smallest absolute Gasteiger partial charge is 0.327 e. The highest BCUT2D eigenvalue weighted by Gasteiger charge is 2.20. The van der Waals surface area contributed by atoms with Gasteiger partial charge in [0.2, 0.25) is 0 Å². The molecule has 2 rings (SSSR count). The summed E-state index contributed by atoms with van der Waals surface area (Å²) in [5.74, 6) is -0.332. The second-order valence-corrected chi connectivity index (χ2v) is 5.31. The first-order valence-electron chi connectivity index (χ1n) is 6.42. The maximum Gasteiger partial charge on any atom is 0.327 e. The fraction of sp³-hybridized carbons (Fsp3) is 0.188. The number of benzene rings is 2. The maximum absolute atomic E-state index is 11.9. The van der Waals surface area contributed by atoms with E-state index in [1.54, 1.807) is 12.1 Å². The van der Waals surface area contributed by atoms with Gasteiger partial charge in [0.15, 0.2) is 0 Å². The van der Waals surface area contributed by atoms with Gasteiger partial charge in [0.05, 0.1) is 17.2 Å². The van der Waals surface area contributed by atoms with Gasteiger partial charge < -0.3 is 4.74 Å². The van der Waals surface area contributed by atoms with E-state index in [1.807, 2.05) is 36.4 Å². The quantitative estimate of drug-likeness (QED) is 0.845. The highest BCUT2D eigenvalue weighted by atomic mass is 35.5. The predicted molar refractivity (Wildman–Crippen MR) is 84.5 cm³/mol. The van der Waals surface area contributed by atoms with E-state index in [0.29, 0.717) is 16.6 Å². The van der Waals surface area contributed by atoms with Gasteiger partial charge in [-0.1, -0.05) is 59.6 Å².